The van der Waals surface area contributed by atoms with E-state index in [1.165, 1.54) is 12.1 Å². The third kappa shape index (κ3) is 5.45. The van der Waals surface area contributed by atoms with Gasteiger partial charge in [-0.3, -0.25) is 0 Å². The van der Waals surface area contributed by atoms with E-state index in [-0.39, 0.29) is 4.90 Å². The Balaban J connectivity index is 1.55. The second-order valence-electron chi connectivity index (χ2n) is 6.89. The number of nitrogens with zero attached hydrogens (tertiary/aromatic N) is 1. The van der Waals surface area contributed by atoms with E-state index in [1.807, 2.05) is 31.2 Å². The van der Waals surface area contributed by atoms with E-state index in [4.69, 9.17) is 4.42 Å². The highest BCUT2D eigenvalue weighted by Crippen LogP contribution is 2.21. The zero-order valence-corrected chi connectivity index (χ0v) is 17.3. The lowest BCUT2D eigenvalue weighted by Crippen LogP contribution is -2.30. The fraction of sp³-hybridized carbons (Fsp3) is 0.238. The maximum atomic E-state index is 12.2. The maximum absolute atomic E-state index is 12.2. The Morgan fingerprint density at radius 2 is 1.83 bits per heavy atom. The van der Waals surface area contributed by atoms with Crippen LogP contribution in [0.5, 0.6) is 0 Å². The quantitative estimate of drug-likeness (QED) is 0.641. The van der Waals surface area contributed by atoms with Crippen LogP contribution in [-0.2, 0) is 16.3 Å². The van der Waals surface area contributed by atoms with Gasteiger partial charge in [-0.05, 0) is 43.7 Å². The summed E-state index contributed by atoms with van der Waals surface area (Å²) in [4.78, 5) is 16.8. The van der Waals surface area contributed by atoms with Gasteiger partial charge in [0.2, 0.25) is 5.89 Å². The molecule has 29 heavy (non-hydrogen) atoms. The first-order valence-electron chi connectivity index (χ1n) is 9.09. The molecule has 0 saturated carbocycles. The number of benzene rings is 2. The zero-order chi connectivity index (χ0) is 21.0. The Morgan fingerprint density at radius 3 is 2.52 bits per heavy atom. The van der Waals surface area contributed by atoms with E-state index in [1.54, 1.807) is 19.3 Å². The largest absolute Gasteiger partial charge is 0.444 e. The molecule has 1 heterocycles. The number of carbonyl (C=O) groups is 1. The molecule has 0 fully saturated rings. The standard InChI is InChI=1S/C21H23N3O4S/c1-14-4-7-16(8-5-14)20-23-17(13-28-20)10-11-22-21(25)24-19-12-18(29(3,26)27)9-6-15(19)2/h4-9,12-13H,10-11H2,1-3H3,(H2,22,24,25). The first-order valence-corrected chi connectivity index (χ1v) is 11.0. The van der Waals surface area contributed by atoms with Crippen molar-refractivity contribution in [1.29, 1.82) is 0 Å². The van der Waals surface area contributed by atoms with Crippen molar-refractivity contribution in [2.75, 3.05) is 18.1 Å². The molecule has 0 unspecified atom stereocenters. The molecule has 7 nitrogen and oxygen atoms in total. The first-order chi connectivity index (χ1) is 13.7. The summed E-state index contributed by atoms with van der Waals surface area (Å²) < 4.78 is 28.9. The Bertz CT molecular complexity index is 1120. The van der Waals surface area contributed by atoms with Crippen molar-refractivity contribution in [2.24, 2.45) is 0 Å². The maximum Gasteiger partial charge on any atom is 0.319 e. The van der Waals surface area contributed by atoms with E-state index in [9.17, 15) is 13.2 Å². The van der Waals surface area contributed by atoms with Gasteiger partial charge in [-0.1, -0.05) is 23.8 Å². The predicted molar refractivity (Wildman–Crippen MR) is 112 cm³/mol. The smallest absolute Gasteiger partial charge is 0.319 e. The van der Waals surface area contributed by atoms with E-state index in [0.29, 0.717) is 24.5 Å². The lowest BCUT2D eigenvalue weighted by Gasteiger charge is -2.11. The molecule has 152 valence electrons. The fourth-order valence-corrected chi connectivity index (χ4v) is 3.33. The van der Waals surface area contributed by atoms with Crippen LogP contribution in [0.25, 0.3) is 11.5 Å². The van der Waals surface area contributed by atoms with Gasteiger partial charge < -0.3 is 15.1 Å². The van der Waals surface area contributed by atoms with Gasteiger partial charge in [0.15, 0.2) is 9.84 Å². The summed E-state index contributed by atoms with van der Waals surface area (Å²) in [7, 11) is -3.34. The number of sulfone groups is 1. The molecule has 0 radical (unpaired) electrons. The van der Waals surface area contributed by atoms with Crippen LogP contribution >= 0.6 is 0 Å². The van der Waals surface area contributed by atoms with Crippen molar-refractivity contribution in [3.8, 4) is 11.5 Å². The number of aromatic nitrogens is 1. The Morgan fingerprint density at radius 1 is 1.10 bits per heavy atom. The minimum Gasteiger partial charge on any atom is -0.444 e. The average molecular weight is 413 g/mol. The van der Waals surface area contributed by atoms with Crippen molar-refractivity contribution in [2.45, 2.75) is 25.2 Å². The number of amides is 2. The van der Waals surface area contributed by atoms with Crippen LogP contribution in [-0.4, -0.2) is 32.2 Å². The first kappa shape index (κ1) is 20.6. The molecular formula is C21H23N3O4S. The van der Waals surface area contributed by atoms with Crippen LogP contribution in [0, 0.1) is 13.8 Å². The molecular weight excluding hydrogens is 390 g/mol. The van der Waals surface area contributed by atoms with Crippen LogP contribution in [0.3, 0.4) is 0 Å². The third-order valence-electron chi connectivity index (χ3n) is 4.40. The summed E-state index contributed by atoms with van der Waals surface area (Å²) in [6, 6.07) is 12.1. The molecule has 2 aromatic carbocycles. The number of hydrogen-bond donors (Lipinski definition) is 2. The number of carbonyl (C=O) groups excluding carboxylic acids is 1. The van der Waals surface area contributed by atoms with E-state index >= 15 is 0 Å². The minimum atomic E-state index is -3.34. The number of nitrogens with one attached hydrogen (secondary N) is 2. The summed E-state index contributed by atoms with van der Waals surface area (Å²) in [5, 5.41) is 5.43. The molecule has 0 aliphatic rings. The van der Waals surface area contributed by atoms with Crippen LogP contribution < -0.4 is 10.6 Å². The number of aryl methyl sites for hydroxylation is 2. The van der Waals surface area contributed by atoms with Gasteiger partial charge in [0, 0.05) is 30.5 Å². The Kier molecular flexibility index (Phi) is 6.03. The molecule has 0 saturated heterocycles. The summed E-state index contributed by atoms with van der Waals surface area (Å²) in [6.07, 6.45) is 3.21. The molecule has 8 heteroatoms. The summed E-state index contributed by atoms with van der Waals surface area (Å²) in [6.45, 7) is 4.17. The van der Waals surface area contributed by atoms with Crippen LogP contribution in [0.2, 0.25) is 0 Å². The van der Waals surface area contributed by atoms with E-state index in [0.717, 1.165) is 28.6 Å². The minimum absolute atomic E-state index is 0.157. The molecule has 0 spiro atoms. The van der Waals surface area contributed by atoms with E-state index < -0.39 is 15.9 Å². The zero-order valence-electron chi connectivity index (χ0n) is 16.5. The second kappa shape index (κ2) is 8.48. The molecule has 0 aliphatic heterocycles. The highest BCUT2D eigenvalue weighted by Gasteiger charge is 2.12. The van der Waals surface area contributed by atoms with Crippen molar-refractivity contribution in [3.63, 3.8) is 0 Å². The lowest BCUT2D eigenvalue weighted by atomic mass is 10.1. The van der Waals surface area contributed by atoms with Gasteiger partial charge in [-0.2, -0.15) is 0 Å². The Labute approximate surface area is 170 Å². The predicted octanol–water partition coefficient (Wildman–Crippen LogP) is 3.73. The van der Waals surface area contributed by atoms with Gasteiger partial charge in [-0.25, -0.2) is 18.2 Å². The van der Waals surface area contributed by atoms with Gasteiger partial charge in [0.25, 0.3) is 0 Å². The normalized spacial score (nSPS) is 11.3. The number of anilines is 1. The summed E-state index contributed by atoms with van der Waals surface area (Å²) >= 11 is 0. The molecule has 3 rings (SSSR count). The molecule has 1 aromatic heterocycles. The van der Waals surface area contributed by atoms with Crippen molar-refractivity contribution >= 4 is 21.6 Å². The van der Waals surface area contributed by atoms with Gasteiger partial charge >= 0.3 is 6.03 Å². The van der Waals surface area contributed by atoms with E-state index in [2.05, 4.69) is 15.6 Å². The van der Waals surface area contributed by atoms with Crippen LogP contribution in [0.1, 0.15) is 16.8 Å². The summed E-state index contributed by atoms with van der Waals surface area (Å²) in [5.74, 6) is 0.540. The Hall–Kier alpha value is -3.13. The van der Waals surface area contributed by atoms with Crippen LogP contribution in [0.4, 0.5) is 10.5 Å². The SMILES string of the molecule is Cc1ccc(-c2nc(CCNC(=O)Nc3cc(S(C)(=O)=O)ccc3C)co2)cc1. The number of urea groups is 1. The molecule has 0 aliphatic carbocycles. The summed E-state index contributed by atoms with van der Waals surface area (Å²) in [5.41, 5.74) is 4.01. The molecule has 3 aromatic rings. The van der Waals surface area contributed by atoms with Gasteiger partial charge in [0.1, 0.15) is 6.26 Å². The van der Waals surface area contributed by atoms with Crippen molar-refractivity contribution in [1.82, 2.24) is 10.3 Å². The average Bonchev–Trinajstić information content (AvgIpc) is 3.12. The fourth-order valence-electron chi connectivity index (χ4n) is 2.69. The lowest BCUT2D eigenvalue weighted by molar-refractivity contribution is 0.252. The van der Waals surface area contributed by atoms with Gasteiger partial charge in [-0.15, -0.1) is 0 Å². The number of oxazole rings is 1. The second-order valence-corrected chi connectivity index (χ2v) is 8.91. The number of hydrogen-bond acceptors (Lipinski definition) is 5. The molecule has 0 atom stereocenters. The molecule has 2 amide bonds. The molecule has 2 N–H and O–H groups in total. The van der Waals surface area contributed by atoms with Crippen molar-refractivity contribution < 1.29 is 17.6 Å². The molecule has 0 bridgehead atoms. The van der Waals surface area contributed by atoms with Gasteiger partial charge in [0.05, 0.1) is 10.6 Å². The number of rotatable bonds is 6. The highest BCUT2D eigenvalue weighted by molar-refractivity contribution is 7.90. The topological polar surface area (TPSA) is 101 Å². The van der Waals surface area contributed by atoms with Crippen molar-refractivity contribution in [3.05, 3.63) is 65.5 Å². The highest BCUT2D eigenvalue weighted by atomic mass is 32.2. The third-order valence-corrected chi connectivity index (χ3v) is 5.51. The monoisotopic (exact) mass is 413 g/mol. The van der Waals surface area contributed by atoms with Crippen LogP contribution in [0.15, 0.2) is 58.0 Å².